The van der Waals surface area contributed by atoms with Gasteiger partial charge in [0.05, 0.1) is 27.1 Å². The molecule has 0 aliphatic rings. The van der Waals surface area contributed by atoms with Crippen LogP contribution in [0.3, 0.4) is 0 Å². The fraction of sp³-hybridized carbons (Fsp3) is 0.0370. The summed E-state index contributed by atoms with van der Waals surface area (Å²) >= 11 is 12.3. The zero-order valence-corrected chi connectivity index (χ0v) is 19.2. The van der Waals surface area contributed by atoms with Gasteiger partial charge in [0.2, 0.25) is 0 Å². The smallest absolute Gasteiger partial charge is 0.276 e. The lowest BCUT2D eigenvalue weighted by Gasteiger charge is -2.09. The molecule has 1 amide bonds. The Morgan fingerprint density at radius 2 is 1.64 bits per heavy atom. The fourth-order valence-electron chi connectivity index (χ4n) is 3.79. The Bertz CT molecular complexity index is 1510. The molecule has 4 aromatic carbocycles. The monoisotopic (exact) mass is 471 g/mol. The molecule has 4 nitrogen and oxygen atoms in total. The molecule has 0 bridgehead atoms. The average molecular weight is 472 g/mol. The van der Waals surface area contributed by atoms with Gasteiger partial charge >= 0.3 is 0 Å². The number of carbonyl (C=O) groups is 1. The highest BCUT2D eigenvalue weighted by Gasteiger charge is 2.18. The second kappa shape index (κ2) is 8.74. The van der Waals surface area contributed by atoms with Crippen molar-refractivity contribution in [2.45, 2.75) is 6.92 Å². The lowest BCUT2D eigenvalue weighted by atomic mass is 10.0. The molecule has 162 valence electrons. The van der Waals surface area contributed by atoms with Crippen molar-refractivity contribution in [3.8, 4) is 16.9 Å². The molecular weight excluding hydrogens is 453 g/mol. The third-order valence-electron chi connectivity index (χ3n) is 5.43. The number of anilines is 1. The minimum atomic E-state index is -0.368. The summed E-state index contributed by atoms with van der Waals surface area (Å²) in [6.45, 7) is 2.03. The zero-order valence-electron chi connectivity index (χ0n) is 17.7. The second-order valence-corrected chi connectivity index (χ2v) is 8.57. The van der Waals surface area contributed by atoms with Crippen LogP contribution >= 0.6 is 23.2 Å². The maximum absolute atomic E-state index is 13.1. The minimum absolute atomic E-state index is 0.274. The number of aromatic nitrogens is 2. The van der Waals surface area contributed by atoms with Gasteiger partial charge in [0.25, 0.3) is 5.91 Å². The Labute approximate surface area is 201 Å². The lowest BCUT2D eigenvalue weighted by Crippen LogP contribution is -2.13. The molecule has 0 aliphatic heterocycles. The van der Waals surface area contributed by atoms with Gasteiger partial charge in [0.1, 0.15) is 0 Å². The van der Waals surface area contributed by atoms with Gasteiger partial charge in [-0.3, -0.25) is 4.79 Å². The third-order valence-corrected chi connectivity index (χ3v) is 6.25. The van der Waals surface area contributed by atoms with Crippen LogP contribution in [0.2, 0.25) is 10.0 Å². The van der Waals surface area contributed by atoms with Crippen molar-refractivity contribution in [1.29, 1.82) is 0 Å². The molecule has 1 aromatic heterocycles. The van der Waals surface area contributed by atoms with Crippen molar-refractivity contribution in [2.24, 2.45) is 0 Å². The first-order chi connectivity index (χ1) is 16.0. The van der Waals surface area contributed by atoms with Crippen LogP contribution in [0.1, 0.15) is 16.1 Å². The topological polar surface area (TPSA) is 46.9 Å². The molecule has 1 heterocycles. The lowest BCUT2D eigenvalue weighted by molar-refractivity contribution is 0.102. The third kappa shape index (κ3) is 4.23. The van der Waals surface area contributed by atoms with E-state index in [2.05, 4.69) is 34.7 Å². The molecule has 0 spiro atoms. The highest BCUT2D eigenvalue weighted by molar-refractivity contribution is 6.44. The SMILES string of the molecule is Cc1cccc(-n2nc(C(=O)Nc3cccc(Cl)c3Cl)cc2-c2ccc3ccccc3c2)c1. The molecule has 5 aromatic rings. The normalized spacial score (nSPS) is 11.0. The summed E-state index contributed by atoms with van der Waals surface area (Å²) in [5.74, 6) is -0.368. The molecular formula is C27H19Cl2N3O. The van der Waals surface area contributed by atoms with Crippen molar-refractivity contribution < 1.29 is 4.79 Å². The van der Waals surface area contributed by atoms with Gasteiger partial charge in [0, 0.05) is 5.56 Å². The van der Waals surface area contributed by atoms with Crippen LogP contribution in [0.15, 0.2) is 91.0 Å². The number of nitrogens with zero attached hydrogens (tertiary/aromatic N) is 2. The molecule has 0 radical (unpaired) electrons. The van der Waals surface area contributed by atoms with E-state index in [1.807, 2.05) is 49.4 Å². The van der Waals surface area contributed by atoms with E-state index in [1.54, 1.807) is 28.9 Å². The molecule has 6 heteroatoms. The van der Waals surface area contributed by atoms with E-state index in [4.69, 9.17) is 23.2 Å². The molecule has 33 heavy (non-hydrogen) atoms. The average Bonchev–Trinajstić information content (AvgIpc) is 3.27. The van der Waals surface area contributed by atoms with E-state index in [0.717, 1.165) is 33.3 Å². The number of benzene rings is 4. The summed E-state index contributed by atoms with van der Waals surface area (Å²) < 4.78 is 1.80. The van der Waals surface area contributed by atoms with E-state index in [-0.39, 0.29) is 11.6 Å². The molecule has 0 saturated carbocycles. The largest absolute Gasteiger partial charge is 0.319 e. The highest BCUT2D eigenvalue weighted by Crippen LogP contribution is 2.31. The maximum Gasteiger partial charge on any atom is 0.276 e. The predicted molar refractivity (Wildman–Crippen MR) is 136 cm³/mol. The summed E-state index contributed by atoms with van der Waals surface area (Å²) in [7, 11) is 0. The first kappa shape index (κ1) is 21.3. The predicted octanol–water partition coefficient (Wildman–Crippen LogP) is 7.56. The molecule has 5 rings (SSSR count). The van der Waals surface area contributed by atoms with Gasteiger partial charge in [-0.15, -0.1) is 0 Å². The summed E-state index contributed by atoms with van der Waals surface area (Å²) in [6.07, 6.45) is 0. The molecule has 0 fully saturated rings. The molecule has 0 aliphatic carbocycles. The van der Waals surface area contributed by atoms with Gasteiger partial charge in [0.15, 0.2) is 5.69 Å². The fourth-order valence-corrected chi connectivity index (χ4v) is 4.14. The quantitative estimate of drug-likeness (QED) is 0.293. The number of nitrogens with one attached hydrogen (secondary N) is 1. The van der Waals surface area contributed by atoms with Crippen LogP contribution in [-0.2, 0) is 0 Å². The molecule has 1 N–H and O–H groups in total. The van der Waals surface area contributed by atoms with Crippen molar-refractivity contribution in [3.63, 3.8) is 0 Å². The second-order valence-electron chi connectivity index (χ2n) is 7.78. The van der Waals surface area contributed by atoms with Crippen molar-refractivity contribution in [1.82, 2.24) is 9.78 Å². The van der Waals surface area contributed by atoms with Crippen LogP contribution in [0.5, 0.6) is 0 Å². The number of amides is 1. The molecule has 0 saturated heterocycles. The van der Waals surface area contributed by atoms with E-state index in [9.17, 15) is 4.79 Å². The number of halogens is 2. The van der Waals surface area contributed by atoms with E-state index < -0.39 is 0 Å². The van der Waals surface area contributed by atoms with Gasteiger partial charge in [-0.2, -0.15) is 5.10 Å². The summed E-state index contributed by atoms with van der Waals surface area (Å²) in [6, 6.07) is 29.3. The minimum Gasteiger partial charge on any atom is -0.319 e. The van der Waals surface area contributed by atoms with Gasteiger partial charge in [-0.25, -0.2) is 4.68 Å². The number of carbonyl (C=O) groups excluding carboxylic acids is 1. The number of fused-ring (bicyclic) bond motifs is 1. The van der Waals surface area contributed by atoms with Crippen molar-refractivity contribution in [3.05, 3.63) is 112 Å². The number of hydrogen-bond acceptors (Lipinski definition) is 2. The van der Waals surface area contributed by atoms with E-state index >= 15 is 0 Å². The summed E-state index contributed by atoms with van der Waals surface area (Å²) in [5, 5.41) is 10.4. The van der Waals surface area contributed by atoms with Crippen LogP contribution in [0.25, 0.3) is 27.7 Å². The van der Waals surface area contributed by atoms with Gasteiger partial charge < -0.3 is 5.32 Å². The van der Waals surface area contributed by atoms with Crippen LogP contribution < -0.4 is 5.32 Å². The van der Waals surface area contributed by atoms with Crippen LogP contribution in [0.4, 0.5) is 5.69 Å². The molecule has 0 unspecified atom stereocenters. The Kier molecular flexibility index (Phi) is 5.63. The molecule has 0 atom stereocenters. The van der Waals surface area contributed by atoms with Crippen LogP contribution in [0, 0.1) is 6.92 Å². The van der Waals surface area contributed by atoms with Gasteiger partial charge in [-0.1, -0.05) is 77.8 Å². The standard InChI is InChI=1S/C27H19Cl2N3O/c1-17-6-4-9-21(14-17)32-25(20-13-12-18-7-2-3-8-19(18)15-20)16-24(31-32)27(33)30-23-11-5-10-22(28)26(23)29/h2-16H,1H3,(H,30,33). The summed E-state index contributed by atoms with van der Waals surface area (Å²) in [5.41, 5.74) is 4.46. The van der Waals surface area contributed by atoms with Gasteiger partial charge in [-0.05, 0) is 59.7 Å². The first-order valence-electron chi connectivity index (χ1n) is 10.4. The number of rotatable bonds is 4. The first-order valence-corrected chi connectivity index (χ1v) is 11.2. The van der Waals surface area contributed by atoms with Crippen molar-refractivity contribution in [2.75, 3.05) is 5.32 Å². The van der Waals surface area contributed by atoms with E-state index in [1.165, 1.54) is 0 Å². The van der Waals surface area contributed by atoms with E-state index in [0.29, 0.717) is 15.7 Å². The Morgan fingerprint density at radius 3 is 2.45 bits per heavy atom. The highest BCUT2D eigenvalue weighted by atomic mass is 35.5. The zero-order chi connectivity index (χ0) is 22.9. The number of aryl methyl sites for hydroxylation is 1. The van der Waals surface area contributed by atoms with Crippen LogP contribution in [-0.4, -0.2) is 15.7 Å². The summed E-state index contributed by atoms with van der Waals surface area (Å²) in [4.78, 5) is 13.1. The Morgan fingerprint density at radius 1 is 0.848 bits per heavy atom. The Hall–Kier alpha value is -3.60. The van der Waals surface area contributed by atoms with Crippen molar-refractivity contribution >= 4 is 45.6 Å². The Balaban J connectivity index is 1.61. The number of hydrogen-bond donors (Lipinski definition) is 1. The maximum atomic E-state index is 13.1.